The van der Waals surface area contributed by atoms with Crippen LogP contribution in [0.5, 0.6) is 0 Å². The molecule has 1 heterocycles. The molecule has 1 saturated carbocycles. The molecule has 1 saturated heterocycles. The summed E-state index contributed by atoms with van der Waals surface area (Å²) in [6, 6.07) is -2.84. The van der Waals surface area contributed by atoms with Crippen molar-refractivity contribution in [2.24, 2.45) is 34.3 Å². The highest BCUT2D eigenvalue weighted by Crippen LogP contribution is 2.62. The number of Topliss-reactive ketones (excluding diaryl/α,β-unsaturated/α-hetero) is 1. The molecule has 0 bridgehead atoms. The number of amides is 4. The minimum Gasteiger partial charge on any atom is -0.444 e. The van der Waals surface area contributed by atoms with Crippen molar-refractivity contribution in [3.05, 3.63) is 12.2 Å². The number of nitrogens with zero attached hydrogens (tertiary/aromatic N) is 1. The van der Waals surface area contributed by atoms with E-state index < -0.39 is 52.8 Å². The van der Waals surface area contributed by atoms with Crippen LogP contribution in [0.25, 0.3) is 0 Å². The molecule has 1 spiro atoms. The van der Waals surface area contributed by atoms with Crippen LogP contribution in [0.15, 0.2) is 12.2 Å². The lowest BCUT2D eigenvalue weighted by molar-refractivity contribution is -0.143. The van der Waals surface area contributed by atoms with Crippen molar-refractivity contribution < 1.29 is 28.7 Å². The van der Waals surface area contributed by atoms with E-state index in [1.54, 1.807) is 25.7 Å². The maximum absolute atomic E-state index is 14.1. The Kier molecular flexibility index (Phi) is 9.11. The monoisotopic (exact) mass is 560 g/mol. The van der Waals surface area contributed by atoms with Crippen LogP contribution in [0.2, 0.25) is 0 Å². The van der Waals surface area contributed by atoms with Crippen molar-refractivity contribution in [1.82, 2.24) is 15.5 Å². The number of allylic oxidation sites excluding steroid dienone is 2. The molecule has 4 N–H and O–H groups in total. The van der Waals surface area contributed by atoms with E-state index in [4.69, 9.17) is 10.5 Å². The second-order valence-corrected chi connectivity index (χ2v) is 14.5. The second kappa shape index (κ2) is 11.5. The number of nitrogens with two attached hydrogens (primary N) is 1. The van der Waals surface area contributed by atoms with Gasteiger partial charge < -0.3 is 26.0 Å². The average molecular weight is 561 g/mol. The van der Waals surface area contributed by atoms with Gasteiger partial charge in [0.2, 0.25) is 17.6 Å². The van der Waals surface area contributed by atoms with Crippen molar-refractivity contribution in [3.8, 4) is 0 Å². The molecule has 4 amide bonds. The number of ether oxygens (including phenoxy) is 1. The minimum atomic E-state index is -1.10. The van der Waals surface area contributed by atoms with Crippen molar-refractivity contribution >= 4 is 29.6 Å². The number of primary amides is 1. The van der Waals surface area contributed by atoms with Gasteiger partial charge in [-0.15, -0.1) is 0 Å². The highest BCUT2D eigenvalue weighted by Gasteiger charge is 2.62. The predicted octanol–water partition coefficient (Wildman–Crippen LogP) is 3.08. The lowest BCUT2D eigenvalue weighted by Gasteiger charge is -2.36. The van der Waals surface area contributed by atoms with E-state index in [1.807, 2.05) is 32.9 Å². The molecular weight excluding hydrogens is 512 g/mol. The van der Waals surface area contributed by atoms with Crippen molar-refractivity contribution in [2.75, 3.05) is 6.54 Å². The summed E-state index contributed by atoms with van der Waals surface area (Å²) < 4.78 is 5.43. The highest BCUT2D eigenvalue weighted by atomic mass is 16.6. The number of hydrogen-bond acceptors (Lipinski definition) is 6. The first-order valence-electron chi connectivity index (χ1n) is 14.4. The first-order chi connectivity index (χ1) is 18.3. The second-order valence-electron chi connectivity index (χ2n) is 14.5. The zero-order chi connectivity index (χ0) is 30.2. The molecule has 0 aromatic carbocycles. The lowest BCUT2D eigenvalue weighted by Crippen LogP contribution is -2.59. The largest absolute Gasteiger partial charge is 0.444 e. The van der Waals surface area contributed by atoms with Gasteiger partial charge in [-0.05, 0) is 81.5 Å². The molecule has 224 valence electrons. The molecule has 2 fully saturated rings. The molecular formula is C30H48N4O6. The molecule has 3 rings (SSSR count). The SMILES string of the molecule is CC(C)C[C@@H]1C[C@]12CC(C(=O)NC(CC1C=CC1)C(=O)C(N)=O)N(C(=O)C(NC(=O)OC(C)(C)C)C(C)(C)C)C2. The van der Waals surface area contributed by atoms with Crippen LogP contribution >= 0.6 is 0 Å². The van der Waals surface area contributed by atoms with Gasteiger partial charge >= 0.3 is 6.09 Å². The van der Waals surface area contributed by atoms with E-state index in [1.165, 1.54) is 0 Å². The van der Waals surface area contributed by atoms with Gasteiger partial charge in [-0.25, -0.2) is 4.79 Å². The van der Waals surface area contributed by atoms with Gasteiger partial charge in [-0.2, -0.15) is 0 Å². The number of nitrogens with one attached hydrogen (secondary N) is 2. The van der Waals surface area contributed by atoms with E-state index >= 15 is 0 Å². The van der Waals surface area contributed by atoms with Gasteiger partial charge in [0.25, 0.3) is 5.91 Å². The van der Waals surface area contributed by atoms with Crippen molar-refractivity contribution in [1.29, 1.82) is 0 Å². The molecule has 1 aliphatic heterocycles. The molecule has 40 heavy (non-hydrogen) atoms. The van der Waals surface area contributed by atoms with Gasteiger partial charge in [-0.3, -0.25) is 19.2 Å². The van der Waals surface area contributed by atoms with Crippen LogP contribution < -0.4 is 16.4 Å². The molecule has 0 aromatic rings. The quantitative estimate of drug-likeness (QED) is 0.276. The average Bonchev–Trinajstić information content (AvgIpc) is 3.25. The maximum atomic E-state index is 14.1. The van der Waals surface area contributed by atoms with Crippen LogP contribution in [0.1, 0.15) is 87.5 Å². The first-order valence-corrected chi connectivity index (χ1v) is 14.4. The molecule has 10 heteroatoms. The summed E-state index contributed by atoms with van der Waals surface area (Å²) in [7, 11) is 0. The molecule has 6 atom stereocenters. The summed E-state index contributed by atoms with van der Waals surface area (Å²) in [6.07, 6.45) is 6.59. The number of rotatable bonds is 10. The first kappa shape index (κ1) is 31.6. The van der Waals surface area contributed by atoms with Gasteiger partial charge in [0, 0.05) is 6.54 Å². The third-order valence-electron chi connectivity index (χ3n) is 8.20. The van der Waals surface area contributed by atoms with Gasteiger partial charge in [0.05, 0.1) is 6.04 Å². The van der Waals surface area contributed by atoms with Gasteiger partial charge in [0.1, 0.15) is 17.7 Å². The van der Waals surface area contributed by atoms with E-state index in [0.29, 0.717) is 24.8 Å². The fraction of sp³-hybridized carbons (Fsp3) is 0.767. The molecule has 4 unspecified atom stereocenters. The van der Waals surface area contributed by atoms with Crippen molar-refractivity contribution in [2.45, 2.75) is 111 Å². The van der Waals surface area contributed by atoms with Gasteiger partial charge in [0.15, 0.2) is 0 Å². The Morgan fingerprint density at radius 3 is 2.12 bits per heavy atom. The van der Waals surface area contributed by atoms with Crippen LogP contribution in [0, 0.1) is 28.6 Å². The number of likely N-dealkylation sites (tertiary alicyclic amines) is 1. The maximum Gasteiger partial charge on any atom is 0.408 e. The van der Waals surface area contributed by atoms with E-state index in [2.05, 4.69) is 24.5 Å². The Bertz CT molecular complexity index is 1060. The van der Waals surface area contributed by atoms with Crippen LogP contribution in [0.4, 0.5) is 4.79 Å². The van der Waals surface area contributed by atoms with E-state index in [9.17, 15) is 24.0 Å². The Morgan fingerprint density at radius 2 is 1.65 bits per heavy atom. The number of alkyl carbamates (subject to hydrolysis) is 1. The number of carbonyl (C=O) groups excluding carboxylic acids is 5. The van der Waals surface area contributed by atoms with E-state index in [-0.39, 0.29) is 23.7 Å². The Morgan fingerprint density at radius 1 is 1.02 bits per heavy atom. The van der Waals surface area contributed by atoms with Crippen molar-refractivity contribution in [3.63, 3.8) is 0 Å². The van der Waals surface area contributed by atoms with E-state index in [0.717, 1.165) is 19.3 Å². The molecule has 0 aromatic heterocycles. The third-order valence-corrected chi connectivity index (χ3v) is 8.20. The summed E-state index contributed by atoms with van der Waals surface area (Å²) in [5.74, 6) is -1.86. The Balaban J connectivity index is 1.87. The fourth-order valence-corrected chi connectivity index (χ4v) is 5.97. The lowest BCUT2D eigenvalue weighted by atomic mass is 9.85. The Hall–Kier alpha value is -2.91. The summed E-state index contributed by atoms with van der Waals surface area (Å²) in [5.41, 5.74) is 3.69. The minimum absolute atomic E-state index is 0.0726. The summed E-state index contributed by atoms with van der Waals surface area (Å²) in [5, 5.41) is 5.51. The zero-order valence-corrected chi connectivity index (χ0v) is 25.3. The fourth-order valence-electron chi connectivity index (χ4n) is 5.97. The molecule has 3 aliphatic rings. The standard InChI is InChI=1S/C30H48N4O6/c1-17(2)12-19-14-30(19)15-21(25(37)32-20(22(35)24(31)36)13-18-10-9-11-18)34(16-30)26(38)23(28(3,4)5)33-27(39)40-29(6,7)8/h9-10,17-21,23H,11-16H2,1-8H3,(H2,31,36)(H,32,37)(H,33,39)/t18?,19-,20?,21?,23?,30-/m1/s1. The highest BCUT2D eigenvalue weighted by molar-refractivity contribution is 6.37. The smallest absolute Gasteiger partial charge is 0.408 e. The number of hydrogen-bond donors (Lipinski definition) is 3. The van der Waals surface area contributed by atoms with Crippen LogP contribution in [0.3, 0.4) is 0 Å². The summed E-state index contributed by atoms with van der Waals surface area (Å²) in [4.78, 5) is 66.6. The third kappa shape index (κ3) is 7.63. The van der Waals surface area contributed by atoms with Crippen LogP contribution in [-0.2, 0) is 23.9 Å². The molecule has 10 nitrogen and oxygen atoms in total. The predicted molar refractivity (Wildman–Crippen MR) is 151 cm³/mol. The zero-order valence-electron chi connectivity index (χ0n) is 25.3. The Labute approximate surface area is 238 Å². The molecule has 0 radical (unpaired) electrons. The normalized spacial score (nSPS) is 27.1. The van der Waals surface area contributed by atoms with Crippen LogP contribution in [-0.4, -0.2) is 64.8 Å². The summed E-state index contributed by atoms with van der Waals surface area (Å²) in [6.45, 7) is 15.5. The number of ketones is 1. The summed E-state index contributed by atoms with van der Waals surface area (Å²) >= 11 is 0. The van der Waals surface area contributed by atoms with Gasteiger partial charge in [-0.1, -0.05) is 46.8 Å². The molecule has 2 aliphatic carbocycles. The number of carbonyl (C=O) groups is 5. The topological polar surface area (TPSA) is 148 Å².